The molecule has 1 amide bonds. The first-order valence-electron chi connectivity index (χ1n) is 13.5. The second-order valence-corrected chi connectivity index (χ2v) is 10.5. The van der Waals surface area contributed by atoms with Crippen LogP contribution in [0.4, 0.5) is 5.82 Å². The largest absolute Gasteiger partial charge is 0.480 e. The summed E-state index contributed by atoms with van der Waals surface area (Å²) < 4.78 is 7.30. The van der Waals surface area contributed by atoms with Crippen LogP contribution in [0.5, 0.6) is 0 Å². The van der Waals surface area contributed by atoms with Crippen LogP contribution >= 0.6 is 0 Å². The SMILES string of the molecule is O=C(O)[C@H](CCOCCCCc1ccc2c(n1)NCCC2)NC(=O)C1(n2c(C3CC3)cccc2=O)CC1. The number of aryl methyl sites for hydroxylation is 2. The van der Waals surface area contributed by atoms with E-state index in [4.69, 9.17) is 9.72 Å². The summed E-state index contributed by atoms with van der Waals surface area (Å²) in [6.45, 7) is 1.74. The predicted molar refractivity (Wildman–Crippen MR) is 139 cm³/mol. The van der Waals surface area contributed by atoms with Gasteiger partial charge >= 0.3 is 5.97 Å². The van der Waals surface area contributed by atoms with Gasteiger partial charge in [0.15, 0.2) is 0 Å². The third-order valence-corrected chi connectivity index (χ3v) is 7.63. The lowest BCUT2D eigenvalue weighted by atomic mass is 10.1. The number of amides is 1. The zero-order valence-electron chi connectivity index (χ0n) is 21.2. The molecule has 37 heavy (non-hydrogen) atoms. The van der Waals surface area contributed by atoms with Gasteiger partial charge in [-0.1, -0.05) is 12.1 Å². The molecule has 2 fully saturated rings. The van der Waals surface area contributed by atoms with E-state index in [1.54, 1.807) is 10.6 Å². The third-order valence-electron chi connectivity index (χ3n) is 7.63. The van der Waals surface area contributed by atoms with Crippen LogP contribution in [-0.2, 0) is 32.7 Å². The quantitative estimate of drug-likeness (QED) is 0.356. The van der Waals surface area contributed by atoms with Crippen LogP contribution < -0.4 is 16.2 Å². The van der Waals surface area contributed by atoms with E-state index in [1.807, 2.05) is 6.07 Å². The molecule has 5 rings (SSSR count). The van der Waals surface area contributed by atoms with Gasteiger partial charge in [-0.25, -0.2) is 9.78 Å². The summed E-state index contributed by atoms with van der Waals surface area (Å²) in [4.78, 5) is 42.4. The molecule has 2 aliphatic carbocycles. The Morgan fingerprint density at radius 3 is 2.78 bits per heavy atom. The van der Waals surface area contributed by atoms with Crippen molar-refractivity contribution in [1.82, 2.24) is 14.9 Å². The number of carboxylic acids is 1. The van der Waals surface area contributed by atoms with E-state index >= 15 is 0 Å². The number of hydrogen-bond donors (Lipinski definition) is 3. The van der Waals surface area contributed by atoms with Crippen molar-refractivity contribution < 1.29 is 19.4 Å². The molecule has 0 spiro atoms. The van der Waals surface area contributed by atoms with Gasteiger partial charge in [-0.2, -0.15) is 0 Å². The highest BCUT2D eigenvalue weighted by Gasteiger charge is 2.54. The van der Waals surface area contributed by atoms with Crippen molar-refractivity contribution in [3.8, 4) is 0 Å². The lowest BCUT2D eigenvalue weighted by Gasteiger charge is -2.24. The number of unbranched alkanes of at least 4 members (excludes halogenated alkanes) is 1. The zero-order chi connectivity index (χ0) is 25.8. The standard InChI is InChI=1S/C28H36N4O5/c33-24-8-3-7-23(19-9-10-19)32(24)28(14-15-28)27(36)31-22(26(34)35)13-18-37-17-2-1-6-21-12-11-20-5-4-16-29-25(20)30-21/h3,7-8,11-12,19,22H,1-2,4-6,9-10,13-18H2,(H,29,30)(H,31,36)(H,34,35)/t22-/m0/s1. The van der Waals surface area contributed by atoms with Gasteiger partial charge in [-0.15, -0.1) is 0 Å². The molecule has 0 unspecified atom stereocenters. The van der Waals surface area contributed by atoms with Crippen molar-refractivity contribution in [2.75, 3.05) is 25.1 Å². The molecule has 0 radical (unpaired) electrons. The Morgan fingerprint density at radius 2 is 2.03 bits per heavy atom. The van der Waals surface area contributed by atoms with Gasteiger partial charge in [0.25, 0.3) is 5.56 Å². The van der Waals surface area contributed by atoms with Crippen molar-refractivity contribution in [3.63, 3.8) is 0 Å². The van der Waals surface area contributed by atoms with E-state index in [-0.39, 0.29) is 24.5 Å². The number of nitrogens with zero attached hydrogens (tertiary/aromatic N) is 2. The van der Waals surface area contributed by atoms with E-state index in [2.05, 4.69) is 22.8 Å². The monoisotopic (exact) mass is 508 g/mol. The number of pyridine rings is 2. The fourth-order valence-electron chi connectivity index (χ4n) is 5.20. The number of carbonyl (C=O) groups excluding carboxylic acids is 1. The van der Waals surface area contributed by atoms with Crippen LogP contribution in [0.15, 0.2) is 35.1 Å². The number of hydrogen-bond acceptors (Lipinski definition) is 6. The van der Waals surface area contributed by atoms with E-state index in [0.29, 0.717) is 25.4 Å². The number of nitrogens with one attached hydrogen (secondary N) is 2. The molecule has 2 aromatic rings. The third kappa shape index (κ3) is 5.87. The van der Waals surface area contributed by atoms with E-state index in [9.17, 15) is 19.5 Å². The summed E-state index contributed by atoms with van der Waals surface area (Å²) in [5.74, 6) is -0.164. The number of carboxylic acid groups (broad SMARTS) is 1. The van der Waals surface area contributed by atoms with Gasteiger partial charge in [0, 0.05) is 43.6 Å². The first-order chi connectivity index (χ1) is 18.0. The molecule has 2 saturated carbocycles. The summed E-state index contributed by atoms with van der Waals surface area (Å²) in [5, 5.41) is 15.7. The number of rotatable bonds is 13. The van der Waals surface area contributed by atoms with Crippen molar-refractivity contribution in [2.45, 2.75) is 81.7 Å². The highest BCUT2D eigenvalue weighted by molar-refractivity contribution is 5.91. The number of aliphatic carboxylic acids is 1. The molecule has 0 aromatic carbocycles. The van der Waals surface area contributed by atoms with Crippen LogP contribution in [0, 0.1) is 0 Å². The number of carbonyl (C=O) groups is 2. The number of fused-ring (bicyclic) bond motifs is 1. The minimum absolute atomic E-state index is 0.175. The molecule has 3 N–H and O–H groups in total. The lowest BCUT2D eigenvalue weighted by molar-refractivity contribution is -0.143. The highest BCUT2D eigenvalue weighted by atomic mass is 16.5. The fraction of sp³-hybridized carbons (Fsp3) is 0.571. The number of ether oxygens (including phenoxy) is 1. The van der Waals surface area contributed by atoms with Crippen LogP contribution in [0.1, 0.15) is 74.2 Å². The fourth-order valence-corrected chi connectivity index (χ4v) is 5.20. The Morgan fingerprint density at radius 1 is 1.19 bits per heavy atom. The maximum absolute atomic E-state index is 13.2. The molecular weight excluding hydrogens is 472 g/mol. The average molecular weight is 509 g/mol. The second kappa shape index (κ2) is 11.0. The first-order valence-corrected chi connectivity index (χ1v) is 13.5. The van der Waals surface area contributed by atoms with Crippen molar-refractivity contribution in [1.29, 1.82) is 0 Å². The number of anilines is 1. The minimum Gasteiger partial charge on any atom is -0.480 e. The van der Waals surface area contributed by atoms with Crippen LogP contribution in [0.2, 0.25) is 0 Å². The molecule has 3 heterocycles. The van der Waals surface area contributed by atoms with Crippen LogP contribution in [0.3, 0.4) is 0 Å². The Bertz CT molecular complexity index is 1200. The maximum atomic E-state index is 13.2. The Hall–Kier alpha value is -3.20. The average Bonchev–Trinajstić information content (AvgIpc) is 3.81. The van der Waals surface area contributed by atoms with Crippen LogP contribution in [-0.4, -0.2) is 52.3 Å². The van der Waals surface area contributed by atoms with Gasteiger partial charge in [-0.05, 0) is 81.4 Å². The molecule has 3 aliphatic rings. The van der Waals surface area contributed by atoms with Crippen molar-refractivity contribution >= 4 is 17.7 Å². The van der Waals surface area contributed by atoms with E-state index < -0.39 is 17.6 Å². The van der Waals surface area contributed by atoms with Crippen LogP contribution in [0.25, 0.3) is 0 Å². The highest BCUT2D eigenvalue weighted by Crippen LogP contribution is 2.48. The molecular formula is C28H36N4O5. The Balaban J connectivity index is 1.06. The molecule has 1 atom stereocenters. The van der Waals surface area contributed by atoms with Crippen molar-refractivity contribution in [2.24, 2.45) is 0 Å². The normalized spacial score (nSPS) is 18.4. The summed E-state index contributed by atoms with van der Waals surface area (Å²) in [5.41, 5.74) is 2.07. The van der Waals surface area contributed by atoms with Gasteiger partial charge < -0.3 is 20.5 Å². The zero-order valence-corrected chi connectivity index (χ0v) is 21.2. The molecule has 9 nitrogen and oxygen atoms in total. The molecule has 0 saturated heterocycles. The maximum Gasteiger partial charge on any atom is 0.326 e. The Kier molecular flexibility index (Phi) is 7.60. The summed E-state index contributed by atoms with van der Waals surface area (Å²) in [6.07, 6.45) is 8.16. The summed E-state index contributed by atoms with van der Waals surface area (Å²) >= 11 is 0. The second-order valence-electron chi connectivity index (χ2n) is 10.5. The number of aromatic nitrogens is 2. The van der Waals surface area contributed by atoms with E-state index in [0.717, 1.165) is 68.7 Å². The van der Waals surface area contributed by atoms with Gasteiger partial charge in [0.2, 0.25) is 5.91 Å². The lowest BCUT2D eigenvalue weighted by Crippen LogP contribution is -2.50. The summed E-state index contributed by atoms with van der Waals surface area (Å²) in [7, 11) is 0. The minimum atomic E-state index is -1.09. The molecule has 9 heteroatoms. The first kappa shape index (κ1) is 25.4. The summed E-state index contributed by atoms with van der Waals surface area (Å²) in [6, 6.07) is 8.32. The van der Waals surface area contributed by atoms with Gasteiger partial charge in [0.05, 0.1) is 0 Å². The van der Waals surface area contributed by atoms with Crippen molar-refractivity contribution in [3.05, 3.63) is 57.6 Å². The molecule has 2 aromatic heterocycles. The van der Waals surface area contributed by atoms with Gasteiger partial charge in [0.1, 0.15) is 17.4 Å². The van der Waals surface area contributed by atoms with E-state index in [1.165, 1.54) is 11.6 Å². The molecule has 198 valence electrons. The topological polar surface area (TPSA) is 123 Å². The molecule has 0 bridgehead atoms. The molecule has 1 aliphatic heterocycles. The Labute approximate surface area is 216 Å². The van der Waals surface area contributed by atoms with Gasteiger partial charge in [-0.3, -0.25) is 14.2 Å². The predicted octanol–water partition coefficient (Wildman–Crippen LogP) is 2.97. The smallest absolute Gasteiger partial charge is 0.326 e.